The van der Waals surface area contributed by atoms with Crippen LogP contribution in [0.3, 0.4) is 0 Å². The zero-order valence-electron chi connectivity index (χ0n) is 12.3. The van der Waals surface area contributed by atoms with Crippen molar-refractivity contribution in [1.29, 1.82) is 0 Å². The minimum Gasteiger partial charge on any atom is -0.225 e. The monoisotopic (exact) mass is 178 g/mol. The summed E-state index contributed by atoms with van der Waals surface area (Å²) >= 11 is 0. The molecule has 0 atom stereocenters. The van der Waals surface area contributed by atoms with Crippen LogP contribution in [0.1, 0.15) is 15.2 Å². The molecule has 0 aliphatic rings. The maximum atomic E-state index is 11.2. The van der Waals surface area contributed by atoms with Gasteiger partial charge < -0.3 is 0 Å². The largest absolute Gasteiger partial charge is 0.238 e. The van der Waals surface area contributed by atoms with Crippen LogP contribution in [0.2, 0.25) is 0 Å². The third-order valence-electron chi connectivity index (χ3n) is 0.887. The number of benzene rings is 1. The summed E-state index contributed by atoms with van der Waals surface area (Å²) in [6.07, 6.45) is 0. The van der Waals surface area contributed by atoms with Gasteiger partial charge in [-0.05, 0) is 18.9 Å². The van der Waals surface area contributed by atoms with E-state index < -0.39 is 51.5 Å². The molecule has 0 amide bonds. The van der Waals surface area contributed by atoms with Crippen LogP contribution in [0.5, 0.6) is 0 Å². The lowest BCUT2D eigenvalue weighted by atomic mass is 10.2. The highest BCUT2D eigenvalue weighted by Crippen LogP contribution is 2.06. The van der Waals surface area contributed by atoms with Crippen LogP contribution in [0.4, 0.5) is 0 Å². The predicted octanol–water partition coefficient (Wildman–Crippen LogP) is 0.642. The number of rotatable bonds is 1. The fourth-order valence-corrected chi connectivity index (χ4v) is 0.830. The van der Waals surface area contributed by atoms with Crippen molar-refractivity contribution in [2.24, 2.45) is 5.14 Å². The molecule has 0 spiro atoms. The van der Waals surface area contributed by atoms with Gasteiger partial charge in [-0.3, -0.25) is 0 Å². The molecule has 0 aromatic heterocycles. The summed E-state index contributed by atoms with van der Waals surface area (Å²) in [4.78, 5) is -1.01. The number of nitrogens with two attached hydrogens (primary N) is 1. The van der Waals surface area contributed by atoms with Gasteiger partial charge in [0, 0.05) is 4.11 Å². The molecule has 0 saturated heterocycles. The first-order valence-corrected chi connectivity index (χ1v) is 4.07. The van der Waals surface area contributed by atoms with Gasteiger partial charge in [0.1, 0.15) is 0 Å². The molecule has 0 radical (unpaired) electrons. The van der Waals surface area contributed by atoms with E-state index in [4.69, 9.17) is 14.7 Å². The Balaban J connectivity index is 3.90. The van der Waals surface area contributed by atoms with E-state index in [0.717, 1.165) is 0 Å². The van der Waals surface area contributed by atoms with Gasteiger partial charge in [-0.25, -0.2) is 13.6 Å². The van der Waals surface area contributed by atoms with Gasteiger partial charge in [0.05, 0.1) is 10.4 Å². The van der Waals surface area contributed by atoms with E-state index >= 15 is 0 Å². The summed E-state index contributed by atoms with van der Waals surface area (Å²) < 4.78 is 73.4. The third kappa shape index (κ3) is 2.03. The Kier molecular flexibility index (Phi) is 0.690. The predicted molar refractivity (Wildman–Crippen MR) is 42.6 cm³/mol. The summed E-state index contributed by atoms with van der Waals surface area (Å²) in [5.41, 5.74) is -0.829. The van der Waals surface area contributed by atoms with E-state index in [1.807, 2.05) is 0 Å². The molecule has 0 bridgehead atoms. The summed E-state index contributed by atoms with van der Waals surface area (Å²) in [5, 5.41) is 4.78. The third-order valence-corrected chi connectivity index (χ3v) is 1.66. The standard InChI is InChI=1S/C7H9NO2S/c1-6-2-4-7(5-3-6)11(8,9)10/h2-5H,1H3,(H2,8,9,10)/i1D3,2D,3D,4D,5D. The highest BCUT2D eigenvalue weighted by Gasteiger charge is 2.04. The first-order valence-electron chi connectivity index (χ1n) is 6.02. The topological polar surface area (TPSA) is 60.2 Å². The molecule has 2 N–H and O–H groups in total. The average molecular weight is 178 g/mol. The van der Waals surface area contributed by atoms with E-state index in [-0.39, 0.29) is 0 Å². The molecule has 1 aromatic rings. The SMILES string of the molecule is [2H]c1c([2H])c(S(N)(=O)=O)c([2H])c([2H])c1C([2H])([2H])[2H]. The van der Waals surface area contributed by atoms with Crippen LogP contribution < -0.4 is 5.14 Å². The minimum atomic E-state index is -4.47. The molecule has 1 aromatic carbocycles. The molecule has 0 aliphatic carbocycles. The Bertz CT molecular complexity index is 578. The average Bonchev–Trinajstić information content (AvgIpc) is 2.10. The van der Waals surface area contributed by atoms with Crippen LogP contribution >= 0.6 is 0 Å². The van der Waals surface area contributed by atoms with E-state index in [2.05, 4.69) is 0 Å². The van der Waals surface area contributed by atoms with Gasteiger partial charge in [-0.2, -0.15) is 0 Å². The molecule has 11 heavy (non-hydrogen) atoms. The second kappa shape index (κ2) is 2.64. The lowest BCUT2D eigenvalue weighted by molar-refractivity contribution is 0.598. The second-order valence-electron chi connectivity index (χ2n) is 1.75. The van der Waals surface area contributed by atoms with Crippen molar-refractivity contribution in [3.63, 3.8) is 0 Å². The quantitative estimate of drug-likeness (QED) is 0.686. The van der Waals surface area contributed by atoms with Crippen LogP contribution in [0.25, 0.3) is 0 Å². The van der Waals surface area contributed by atoms with Gasteiger partial charge in [0.2, 0.25) is 10.0 Å². The van der Waals surface area contributed by atoms with Gasteiger partial charge in [0.25, 0.3) is 0 Å². The Morgan fingerprint density at radius 3 is 2.36 bits per heavy atom. The molecule has 1 rings (SSSR count). The summed E-state index contributed by atoms with van der Waals surface area (Å²) in [5.74, 6) is 0. The number of primary sulfonamides is 1. The first kappa shape index (κ1) is 2.88. The maximum Gasteiger partial charge on any atom is 0.238 e. The molecule has 60 valence electrons. The van der Waals surface area contributed by atoms with E-state index in [1.165, 1.54) is 0 Å². The maximum absolute atomic E-state index is 11.2. The molecule has 0 fully saturated rings. The fourth-order valence-electron chi connectivity index (χ4n) is 0.443. The molecule has 4 heteroatoms. The molecular weight excluding hydrogens is 162 g/mol. The summed E-state index contributed by atoms with van der Waals surface area (Å²) in [6.45, 7) is -2.88. The van der Waals surface area contributed by atoms with E-state index in [0.29, 0.717) is 0 Å². The van der Waals surface area contributed by atoms with Gasteiger partial charge in [-0.1, -0.05) is 17.6 Å². The highest BCUT2D eigenvalue weighted by atomic mass is 32.2. The zero-order chi connectivity index (χ0) is 14.5. The summed E-state index contributed by atoms with van der Waals surface area (Å²) in [6, 6.07) is -3.82. The van der Waals surface area contributed by atoms with Crippen molar-refractivity contribution in [2.45, 2.75) is 11.7 Å². The Labute approximate surface area is 75.7 Å². The van der Waals surface area contributed by atoms with Crippen molar-refractivity contribution < 1.29 is 18.0 Å². The van der Waals surface area contributed by atoms with Crippen LogP contribution in [0, 0.1) is 6.85 Å². The zero-order valence-corrected chi connectivity index (χ0v) is 6.12. The molecule has 3 nitrogen and oxygen atoms in total. The van der Waals surface area contributed by atoms with Crippen molar-refractivity contribution in [3.8, 4) is 0 Å². The van der Waals surface area contributed by atoms with Gasteiger partial charge >= 0.3 is 0 Å². The molecule has 0 saturated carbocycles. The minimum absolute atomic E-state index is 0.829. The normalized spacial score (nSPS) is 21.7. The molecule has 0 heterocycles. The van der Waals surface area contributed by atoms with Crippen molar-refractivity contribution in [2.75, 3.05) is 0 Å². The Hall–Kier alpha value is -0.870. The van der Waals surface area contributed by atoms with Gasteiger partial charge in [-0.15, -0.1) is 0 Å². The number of sulfonamides is 1. The Morgan fingerprint density at radius 2 is 2.00 bits per heavy atom. The van der Waals surface area contributed by atoms with Gasteiger partial charge in [0.15, 0.2) is 0 Å². The van der Waals surface area contributed by atoms with Crippen LogP contribution in [0.15, 0.2) is 29.1 Å². The fraction of sp³-hybridized carbons (Fsp3) is 0.143. The number of hydrogen-bond donors (Lipinski definition) is 1. The first-order chi connectivity index (χ1) is 7.89. The highest BCUT2D eigenvalue weighted by molar-refractivity contribution is 7.89. The summed E-state index contributed by atoms with van der Waals surface area (Å²) in [7, 11) is -4.47. The lowest BCUT2D eigenvalue weighted by Gasteiger charge is -1.96. The van der Waals surface area contributed by atoms with E-state index in [9.17, 15) is 8.42 Å². The number of hydrogen-bond acceptors (Lipinski definition) is 2. The Morgan fingerprint density at radius 1 is 1.45 bits per heavy atom. The van der Waals surface area contributed by atoms with Crippen molar-refractivity contribution >= 4 is 10.0 Å². The van der Waals surface area contributed by atoms with Crippen LogP contribution in [-0.2, 0) is 10.0 Å². The van der Waals surface area contributed by atoms with Crippen LogP contribution in [-0.4, -0.2) is 8.42 Å². The van der Waals surface area contributed by atoms with E-state index in [1.54, 1.807) is 0 Å². The lowest BCUT2D eigenvalue weighted by Crippen LogP contribution is -2.11. The smallest absolute Gasteiger partial charge is 0.225 e. The second-order valence-corrected chi connectivity index (χ2v) is 3.25. The molecule has 0 aliphatic heterocycles. The molecule has 0 unspecified atom stereocenters. The van der Waals surface area contributed by atoms with Crippen molar-refractivity contribution in [1.82, 2.24) is 0 Å². The van der Waals surface area contributed by atoms with Crippen molar-refractivity contribution in [3.05, 3.63) is 29.7 Å². The molecular formula is C7H9NO2S.